The second kappa shape index (κ2) is 4.99. The highest BCUT2D eigenvalue weighted by Gasteiger charge is 2.11. The van der Waals surface area contributed by atoms with Crippen molar-refractivity contribution in [1.29, 1.82) is 0 Å². The highest BCUT2D eigenvalue weighted by molar-refractivity contribution is 5.36. The molecule has 18 heavy (non-hydrogen) atoms. The van der Waals surface area contributed by atoms with Gasteiger partial charge in [0.2, 0.25) is 11.9 Å². The molecule has 0 aliphatic carbocycles. The Morgan fingerprint density at radius 3 is 2.72 bits per heavy atom. The molecule has 2 aromatic rings. The lowest BCUT2D eigenvalue weighted by atomic mass is 10.2. The monoisotopic (exact) mass is 247 g/mol. The van der Waals surface area contributed by atoms with Crippen LogP contribution in [0.3, 0.4) is 0 Å². The molecule has 0 aliphatic heterocycles. The number of hydrogen-bond donors (Lipinski definition) is 1. The SMILES string of the molecule is CC(C)CN(C)c1nc(N)nc(-n2cccn2)n1. The van der Waals surface area contributed by atoms with Gasteiger partial charge in [-0.1, -0.05) is 13.8 Å². The molecule has 0 bridgehead atoms. The van der Waals surface area contributed by atoms with Crippen molar-refractivity contribution in [2.24, 2.45) is 5.92 Å². The van der Waals surface area contributed by atoms with Crippen LogP contribution in [0, 0.1) is 5.92 Å². The summed E-state index contributed by atoms with van der Waals surface area (Å²) in [5.41, 5.74) is 5.70. The van der Waals surface area contributed by atoms with Gasteiger partial charge < -0.3 is 10.6 Å². The van der Waals surface area contributed by atoms with Crippen LogP contribution in [-0.2, 0) is 0 Å². The Bertz CT molecular complexity index is 506. The quantitative estimate of drug-likeness (QED) is 0.857. The number of nitrogens with zero attached hydrogens (tertiary/aromatic N) is 6. The molecule has 0 saturated carbocycles. The fourth-order valence-corrected chi connectivity index (χ4v) is 1.66. The fraction of sp³-hybridized carbons (Fsp3) is 0.455. The van der Waals surface area contributed by atoms with E-state index < -0.39 is 0 Å². The maximum absolute atomic E-state index is 5.70. The molecule has 0 unspecified atom stereocenters. The van der Waals surface area contributed by atoms with Crippen LogP contribution >= 0.6 is 0 Å². The van der Waals surface area contributed by atoms with Gasteiger partial charge in [-0.3, -0.25) is 0 Å². The molecule has 0 aromatic carbocycles. The van der Waals surface area contributed by atoms with E-state index in [1.807, 2.05) is 11.9 Å². The molecule has 96 valence electrons. The average Bonchev–Trinajstić information content (AvgIpc) is 2.80. The highest BCUT2D eigenvalue weighted by Crippen LogP contribution is 2.11. The van der Waals surface area contributed by atoms with Crippen LogP contribution < -0.4 is 10.6 Å². The molecule has 0 atom stereocenters. The summed E-state index contributed by atoms with van der Waals surface area (Å²) in [6.45, 7) is 5.12. The van der Waals surface area contributed by atoms with Gasteiger partial charge in [0.15, 0.2) is 0 Å². The van der Waals surface area contributed by atoms with Crippen LogP contribution in [-0.4, -0.2) is 38.3 Å². The van der Waals surface area contributed by atoms with Gasteiger partial charge in [-0.15, -0.1) is 0 Å². The zero-order valence-corrected chi connectivity index (χ0v) is 10.8. The van der Waals surface area contributed by atoms with Crippen LogP contribution in [0.5, 0.6) is 0 Å². The summed E-state index contributed by atoms with van der Waals surface area (Å²) in [7, 11) is 1.93. The van der Waals surface area contributed by atoms with Gasteiger partial charge in [0, 0.05) is 26.0 Å². The molecule has 0 saturated heterocycles. The first-order valence-corrected chi connectivity index (χ1v) is 5.79. The Kier molecular flexibility index (Phi) is 3.40. The number of aromatic nitrogens is 5. The molecule has 0 amide bonds. The standard InChI is InChI=1S/C11H17N7/c1-8(2)7-17(3)10-14-9(12)15-11(16-10)18-6-4-5-13-18/h4-6,8H,7H2,1-3H3,(H2,12,14,15,16). The Balaban J connectivity index is 2.32. The average molecular weight is 247 g/mol. The molecular formula is C11H17N7. The van der Waals surface area contributed by atoms with Crippen LogP contribution in [0.1, 0.15) is 13.8 Å². The Morgan fingerprint density at radius 2 is 2.11 bits per heavy atom. The smallest absolute Gasteiger partial charge is 0.257 e. The van der Waals surface area contributed by atoms with Crippen molar-refractivity contribution in [3.63, 3.8) is 0 Å². The summed E-state index contributed by atoms with van der Waals surface area (Å²) >= 11 is 0. The van der Waals surface area contributed by atoms with Crippen molar-refractivity contribution < 1.29 is 0 Å². The molecule has 0 fully saturated rings. The summed E-state index contributed by atoms with van der Waals surface area (Å²) < 4.78 is 1.56. The highest BCUT2D eigenvalue weighted by atomic mass is 15.4. The van der Waals surface area contributed by atoms with Crippen LogP contribution in [0.15, 0.2) is 18.5 Å². The van der Waals surface area contributed by atoms with E-state index in [1.54, 1.807) is 23.1 Å². The lowest BCUT2D eigenvalue weighted by Gasteiger charge is -2.19. The molecule has 2 N–H and O–H groups in total. The summed E-state index contributed by atoms with van der Waals surface area (Å²) in [4.78, 5) is 14.5. The van der Waals surface area contributed by atoms with Gasteiger partial charge in [0.1, 0.15) is 0 Å². The molecular weight excluding hydrogens is 230 g/mol. The largest absolute Gasteiger partial charge is 0.368 e. The van der Waals surface area contributed by atoms with Gasteiger partial charge >= 0.3 is 0 Å². The summed E-state index contributed by atoms with van der Waals surface area (Å²) in [6.07, 6.45) is 3.43. The number of rotatable bonds is 4. The van der Waals surface area contributed by atoms with Gasteiger partial charge in [0.25, 0.3) is 5.95 Å². The van der Waals surface area contributed by atoms with Crippen molar-refractivity contribution in [3.8, 4) is 5.95 Å². The molecule has 7 nitrogen and oxygen atoms in total. The van der Waals surface area contributed by atoms with Crippen molar-refractivity contribution in [1.82, 2.24) is 24.7 Å². The molecule has 7 heteroatoms. The Hall–Kier alpha value is -2.18. The van der Waals surface area contributed by atoms with Gasteiger partial charge in [0.05, 0.1) is 0 Å². The van der Waals surface area contributed by atoms with E-state index in [9.17, 15) is 0 Å². The molecule has 2 aromatic heterocycles. The second-order valence-corrected chi connectivity index (χ2v) is 4.52. The molecule has 2 rings (SSSR count). The van der Waals surface area contributed by atoms with Crippen LogP contribution in [0.25, 0.3) is 5.95 Å². The first kappa shape index (κ1) is 12.3. The molecule has 0 spiro atoms. The summed E-state index contributed by atoms with van der Waals surface area (Å²) in [5.74, 6) is 1.70. The normalized spacial score (nSPS) is 10.9. The number of hydrogen-bond acceptors (Lipinski definition) is 6. The molecule has 0 radical (unpaired) electrons. The second-order valence-electron chi connectivity index (χ2n) is 4.52. The minimum Gasteiger partial charge on any atom is -0.368 e. The minimum atomic E-state index is 0.195. The number of nitrogen functional groups attached to an aromatic ring is 1. The van der Waals surface area contributed by atoms with Gasteiger partial charge in [-0.2, -0.15) is 20.1 Å². The van der Waals surface area contributed by atoms with Crippen molar-refractivity contribution in [2.45, 2.75) is 13.8 Å². The maximum atomic E-state index is 5.70. The topological polar surface area (TPSA) is 85.8 Å². The van der Waals surface area contributed by atoms with E-state index in [4.69, 9.17) is 5.73 Å². The van der Waals surface area contributed by atoms with Gasteiger partial charge in [-0.25, -0.2) is 4.68 Å². The van der Waals surface area contributed by atoms with Crippen LogP contribution in [0.4, 0.5) is 11.9 Å². The van der Waals surface area contributed by atoms with Crippen molar-refractivity contribution in [2.75, 3.05) is 24.2 Å². The summed E-state index contributed by atoms with van der Waals surface area (Å²) in [6, 6.07) is 1.80. The van der Waals surface area contributed by atoms with Gasteiger partial charge in [-0.05, 0) is 12.0 Å². The van der Waals surface area contributed by atoms with Crippen molar-refractivity contribution in [3.05, 3.63) is 18.5 Å². The van der Waals surface area contributed by atoms with E-state index >= 15 is 0 Å². The van der Waals surface area contributed by atoms with E-state index in [1.165, 1.54) is 0 Å². The van der Waals surface area contributed by atoms with E-state index in [0.29, 0.717) is 17.8 Å². The van der Waals surface area contributed by atoms with Crippen molar-refractivity contribution >= 4 is 11.9 Å². The first-order chi connectivity index (χ1) is 8.56. The number of anilines is 2. The predicted molar refractivity (Wildman–Crippen MR) is 69.5 cm³/mol. The Morgan fingerprint density at radius 1 is 1.33 bits per heavy atom. The minimum absolute atomic E-state index is 0.195. The van der Waals surface area contributed by atoms with E-state index in [0.717, 1.165) is 6.54 Å². The van der Waals surface area contributed by atoms with E-state index in [-0.39, 0.29) is 5.95 Å². The zero-order valence-electron chi connectivity index (χ0n) is 10.8. The molecule has 2 heterocycles. The lowest BCUT2D eigenvalue weighted by Crippen LogP contribution is -2.25. The Labute approximate surface area is 106 Å². The molecule has 0 aliphatic rings. The summed E-state index contributed by atoms with van der Waals surface area (Å²) in [5, 5.41) is 4.08. The predicted octanol–water partition coefficient (Wildman–Crippen LogP) is 0.732. The fourth-order valence-electron chi connectivity index (χ4n) is 1.66. The van der Waals surface area contributed by atoms with Crippen LogP contribution in [0.2, 0.25) is 0 Å². The maximum Gasteiger partial charge on any atom is 0.257 e. The lowest BCUT2D eigenvalue weighted by molar-refractivity contribution is 0.627. The zero-order chi connectivity index (χ0) is 13.1. The number of nitrogens with two attached hydrogens (primary N) is 1. The first-order valence-electron chi connectivity index (χ1n) is 5.79. The third kappa shape index (κ3) is 2.73. The van der Waals surface area contributed by atoms with E-state index in [2.05, 4.69) is 33.9 Å². The third-order valence-electron chi connectivity index (χ3n) is 2.32. The third-order valence-corrected chi connectivity index (χ3v) is 2.32.